The van der Waals surface area contributed by atoms with Gasteiger partial charge in [-0.25, -0.2) is 4.98 Å². The van der Waals surface area contributed by atoms with Gasteiger partial charge in [0.1, 0.15) is 17.6 Å². The molecule has 1 aromatic rings. The number of ether oxygens (including phenoxy) is 1. The second-order valence-corrected chi connectivity index (χ2v) is 6.57. The summed E-state index contributed by atoms with van der Waals surface area (Å²) in [5.74, 6) is 1.69. The second-order valence-electron chi connectivity index (χ2n) is 6.57. The molecule has 1 aliphatic carbocycles. The maximum Gasteiger partial charge on any atom is 0.236 e. The summed E-state index contributed by atoms with van der Waals surface area (Å²) >= 11 is 0. The zero-order valence-electron chi connectivity index (χ0n) is 12.3. The number of amides is 1. The van der Waals surface area contributed by atoms with Gasteiger partial charge in [0.05, 0.1) is 0 Å². The average molecular weight is 290 g/mol. The van der Waals surface area contributed by atoms with E-state index in [9.17, 15) is 4.79 Å². The van der Waals surface area contributed by atoms with Crippen LogP contribution in [0.25, 0.3) is 0 Å². The van der Waals surface area contributed by atoms with Gasteiger partial charge in [-0.3, -0.25) is 9.89 Å². The molecule has 1 amide bonds. The van der Waals surface area contributed by atoms with Crippen LogP contribution in [0.1, 0.15) is 44.3 Å². The van der Waals surface area contributed by atoms with E-state index >= 15 is 0 Å². The van der Waals surface area contributed by atoms with Crippen LogP contribution in [-0.2, 0) is 14.9 Å². The van der Waals surface area contributed by atoms with Gasteiger partial charge in [0.2, 0.25) is 5.91 Å². The number of hydrogen-bond donors (Lipinski definition) is 1. The molecule has 4 rings (SSSR count). The summed E-state index contributed by atoms with van der Waals surface area (Å²) in [6.45, 7) is 2.14. The number of hydrogen-bond acceptors (Lipinski definition) is 4. The Bertz CT molecular complexity index is 506. The highest BCUT2D eigenvalue weighted by Crippen LogP contribution is 2.42. The Morgan fingerprint density at radius 3 is 2.67 bits per heavy atom. The summed E-state index contributed by atoms with van der Waals surface area (Å²) in [7, 11) is 0. The van der Waals surface area contributed by atoms with Gasteiger partial charge in [-0.05, 0) is 38.0 Å². The molecule has 1 aromatic heterocycles. The molecule has 0 radical (unpaired) electrons. The normalized spacial score (nSPS) is 28.8. The number of carbonyl (C=O) groups excluding carboxylic acids is 1. The fourth-order valence-electron chi connectivity index (χ4n) is 3.96. The minimum Gasteiger partial charge on any atom is -0.381 e. The quantitative estimate of drug-likeness (QED) is 0.909. The number of rotatable bonds is 3. The number of H-pyrrole nitrogens is 1. The molecule has 1 atom stereocenters. The molecule has 21 heavy (non-hydrogen) atoms. The van der Waals surface area contributed by atoms with Gasteiger partial charge in [-0.2, -0.15) is 5.10 Å². The first kappa shape index (κ1) is 13.2. The maximum absolute atomic E-state index is 13.2. The van der Waals surface area contributed by atoms with Gasteiger partial charge in [0.15, 0.2) is 0 Å². The van der Waals surface area contributed by atoms with Gasteiger partial charge < -0.3 is 9.64 Å². The summed E-state index contributed by atoms with van der Waals surface area (Å²) in [5, 5.41) is 6.90. The number of nitrogens with zero attached hydrogens (tertiary/aromatic N) is 3. The van der Waals surface area contributed by atoms with E-state index in [4.69, 9.17) is 4.74 Å². The number of carbonyl (C=O) groups is 1. The molecule has 3 aliphatic rings. The van der Waals surface area contributed by atoms with E-state index in [0.717, 1.165) is 18.3 Å². The van der Waals surface area contributed by atoms with E-state index in [2.05, 4.69) is 20.1 Å². The molecule has 6 heteroatoms. The molecule has 6 nitrogen and oxygen atoms in total. The van der Waals surface area contributed by atoms with Crippen LogP contribution in [-0.4, -0.2) is 51.8 Å². The average Bonchev–Trinajstić information content (AvgIpc) is 2.96. The van der Waals surface area contributed by atoms with Gasteiger partial charge in [-0.15, -0.1) is 0 Å². The predicted molar refractivity (Wildman–Crippen MR) is 75.6 cm³/mol. The lowest BCUT2D eigenvalue weighted by atomic mass is 9.72. The van der Waals surface area contributed by atoms with Crippen molar-refractivity contribution in [2.24, 2.45) is 5.92 Å². The zero-order valence-corrected chi connectivity index (χ0v) is 12.3. The monoisotopic (exact) mass is 290 g/mol. The molecule has 0 spiro atoms. The lowest BCUT2D eigenvalue weighted by Gasteiger charge is -2.51. The molecule has 2 aliphatic heterocycles. The molecule has 114 valence electrons. The smallest absolute Gasteiger partial charge is 0.236 e. The summed E-state index contributed by atoms with van der Waals surface area (Å²) in [6.07, 6.45) is 7.96. The van der Waals surface area contributed by atoms with Crippen molar-refractivity contribution in [1.29, 1.82) is 0 Å². The highest BCUT2D eigenvalue weighted by molar-refractivity contribution is 5.88. The van der Waals surface area contributed by atoms with Crippen LogP contribution < -0.4 is 0 Å². The van der Waals surface area contributed by atoms with Gasteiger partial charge in [0.25, 0.3) is 0 Å². The largest absolute Gasteiger partial charge is 0.381 e. The van der Waals surface area contributed by atoms with Crippen molar-refractivity contribution in [2.45, 2.75) is 50.0 Å². The molecule has 0 bridgehead atoms. The molecule has 2 saturated heterocycles. The van der Waals surface area contributed by atoms with Gasteiger partial charge >= 0.3 is 0 Å². The lowest BCUT2D eigenvalue weighted by molar-refractivity contribution is -0.153. The van der Waals surface area contributed by atoms with Crippen molar-refractivity contribution in [3.8, 4) is 0 Å². The van der Waals surface area contributed by atoms with Crippen LogP contribution in [0.2, 0.25) is 0 Å². The third-order valence-electron chi connectivity index (χ3n) is 5.64. The Hall–Kier alpha value is -1.43. The molecular weight excluding hydrogens is 268 g/mol. The molecule has 0 aromatic carbocycles. The van der Waals surface area contributed by atoms with Crippen molar-refractivity contribution in [2.75, 3.05) is 19.8 Å². The summed E-state index contributed by atoms with van der Waals surface area (Å²) < 4.78 is 5.48. The zero-order chi connectivity index (χ0) is 14.3. The van der Waals surface area contributed by atoms with Gasteiger partial charge in [0, 0.05) is 25.8 Å². The number of aromatic amines is 1. The molecule has 3 fully saturated rings. The fourth-order valence-corrected chi connectivity index (χ4v) is 3.96. The van der Waals surface area contributed by atoms with E-state index in [1.165, 1.54) is 32.0 Å². The minimum absolute atomic E-state index is 0.241. The van der Waals surface area contributed by atoms with Crippen LogP contribution in [0.4, 0.5) is 0 Å². The van der Waals surface area contributed by atoms with E-state index in [0.29, 0.717) is 32.1 Å². The summed E-state index contributed by atoms with van der Waals surface area (Å²) in [4.78, 5) is 19.7. The molecule has 3 heterocycles. The minimum atomic E-state index is -0.544. The van der Waals surface area contributed by atoms with Crippen LogP contribution in [0.15, 0.2) is 6.33 Å². The van der Waals surface area contributed by atoms with Crippen molar-refractivity contribution in [3.63, 3.8) is 0 Å². The van der Waals surface area contributed by atoms with E-state index in [1.54, 1.807) is 0 Å². The Morgan fingerprint density at radius 1 is 1.33 bits per heavy atom. The van der Waals surface area contributed by atoms with E-state index < -0.39 is 5.41 Å². The Morgan fingerprint density at radius 2 is 2.14 bits per heavy atom. The van der Waals surface area contributed by atoms with E-state index in [-0.39, 0.29) is 5.91 Å². The van der Waals surface area contributed by atoms with Gasteiger partial charge in [-0.1, -0.05) is 6.42 Å². The Kier molecular flexibility index (Phi) is 3.21. The highest BCUT2D eigenvalue weighted by Gasteiger charge is 2.51. The number of aromatic nitrogens is 3. The SMILES string of the molecule is O=C(N1CCC1C1CCC1)C1(c2ncn[nH]2)CCOCC1. The van der Waals surface area contributed by atoms with Crippen molar-refractivity contribution >= 4 is 5.91 Å². The Labute approximate surface area is 124 Å². The lowest BCUT2D eigenvalue weighted by Crippen LogP contribution is -2.62. The van der Waals surface area contributed by atoms with Crippen molar-refractivity contribution < 1.29 is 9.53 Å². The predicted octanol–water partition coefficient (Wildman–Crippen LogP) is 1.25. The van der Waals surface area contributed by atoms with Crippen molar-refractivity contribution in [1.82, 2.24) is 20.1 Å². The summed E-state index contributed by atoms with van der Waals surface area (Å²) in [6, 6.07) is 0.467. The highest BCUT2D eigenvalue weighted by atomic mass is 16.5. The molecule has 1 saturated carbocycles. The van der Waals surface area contributed by atoms with Crippen LogP contribution in [0, 0.1) is 5.92 Å². The number of nitrogens with one attached hydrogen (secondary N) is 1. The third-order valence-corrected chi connectivity index (χ3v) is 5.64. The third kappa shape index (κ3) is 1.99. The molecule has 1 N–H and O–H groups in total. The fraction of sp³-hybridized carbons (Fsp3) is 0.800. The van der Waals surface area contributed by atoms with E-state index in [1.807, 2.05) is 0 Å². The molecule has 1 unspecified atom stereocenters. The second kappa shape index (κ2) is 5.09. The standard InChI is InChI=1S/C15H22N4O2/c20-14(19-7-4-12(19)11-2-1-3-11)15(5-8-21-9-6-15)13-16-10-17-18-13/h10-12H,1-9H2,(H,16,17,18). The first-order valence-corrected chi connectivity index (χ1v) is 8.06. The first-order chi connectivity index (χ1) is 10.3. The number of likely N-dealkylation sites (tertiary alicyclic amines) is 1. The van der Waals surface area contributed by atoms with Crippen LogP contribution in [0.5, 0.6) is 0 Å². The topological polar surface area (TPSA) is 71.1 Å². The van der Waals surface area contributed by atoms with Crippen LogP contribution >= 0.6 is 0 Å². The maximum atomic E-state index is 13.2. The summed E-state index contributed by atoms with van der Waals surface area (Å²) in [5.41, 5.74) is -0.544. The van der Waals surface area contributed by atoms with Crippen LogP contribution in [0.3, 0.4) is 0 Å². The molecular formula is C15H22N4O2. The first-order valence-electron chi connectivity index (χ1n) is 8.06. The Balaban J connectivity index is 1.59. The van der Waals surface area contributed by atoms with Crippen molar-refractivity contribution in [3.05, 3.63) is 12.2 Å².